The van der Waals surface area contributed by atoms with E-state index in [1.54, 1.807) is 46.6 Å². The van der Waals surface area contributed by atoms with Gasteiger partial charge in [0.05, 0.1) is 34.6 Å². The standard InChI is InChI=1S/C27H31N9OS/c1-4-35(5-2)18(3)15-31-27(37)19-13-22(33-24(14-19)30-17-25-28-9-10-29-25)20-16-32-36-11-8-21(34-26(20)36)23-7-6-12-38-23/h6-14,16,18H,4-5,15,17H2,1-3H3,(H,28,29)(H,30,33)(H,31,37)/t18-/m0/s1. The van der Waals surface area contributed by atoms with Crippen LogP contribution in [0.5, 0.6) is 0 Å². The number of pyridine rings is 1. The van der Waals surface area contributed by atoms with Gasteiger partial charge in [0, 0.05) is 36.7 Å². The van der Waals surface area contributed by atoms with Crippen LogP contribution in [0.1, 0.15) is 37.0 Å². The van der Waals surface area contributed by atoms with Crippen molar-refractivity contribution >= 4 is 28.7 Å². The first kappa shape index (κ1) is 25.6. The number of rotatable bonds is 11. The van der Waals surface area contributed by atoms with Crippen LogP contribution in [-0.2, 0) is 6.54 Å². The van der Waals surface area contributed by atoms with Gasteiger partial charge in [0.2, 0.25) is 0 Å². The molecule has 5 rings (SSSR count). The number of amides is 1. The maximum atomic E-state index is 13.3. The Morgan fingerprint density at radius 3 is 2.79 bits per heavy atom. The van der Waals surface area contributed by atoms with Crippen molar-refractivity contribution in [3.8, 4) is 21.8 Å². The van der Waals surface area contributed by atoms with Crippen LogP contribution in [0.15, 0.2) is 60.5 Å². The minimum absolute atomic E-state index is 0.155. The molecule has 0 saturated heterocycles. The lowest BCUT2D eigenvalue weighted by atomic mass is 10.1. The van der Waals surface area contributed by atoms with Crippen molar-refractivity contribution in [2.24, 2.45) is 0 Å². The van der Waals surface area contributed by atoms with Crippen molar-refractivity contribution in [3.05, 3.63) is 71.9 Å². The first-order valence-electron chi connectivity index (χ1n) is 12.7. The van der Waals surface area contributed by atoms with Gasteiger partial charge in [0.25, 0.3) is 5.91 Å². The molecule has 0 aromatic carbocycles. The molecule has 38 heavy (non-hydrogen) atoms. The first-order valence-corrected chi connectivity index (χ1v) is 13.6. The Bertz CT molecular complexity index is 1490. The fraction of sp³-hybridized carbons (Fsp3) is 0.296. The molecule has 0 fully saturated rings. The number of likely N-dealkylation sites (N-methyl/N-ethyl adjacent to an activating group) is 1. The molecule has 11 heteroatoms. The lowest BCUT2D eigenvalue weighted by Gasteiger charge is -2.26. The summed E-state index contributed by atoms with van der Waals surface area (Å²) in [6.07, 6.45) is 7.10. The second-order valence-corrected chi connectivity index (χ2v) is 9.86. The lowest BCUT2D eigenvalue weighted by Crippen LogP contribution is -2.42. The largest absolute Gasteiger partial charge is 0.363 e. The Morgan fingerprint density at radius 1 is 1.18 bits per heavy atom. The van der Waals surface area contributed by atoms with Gasteiger partial charge in [0.1, 0.15) is 11.6 Å². The number of carbonyl (C=O) groups is 1. The number of aromatic nitrogens is 6. The zero-order valence-corrected chi connectivity index (χ0v) is 22.5. The highest BCUT2D eigenvalue weighted by atomic mass is 32.1. The smallest absolute Gasteiger partial charge is 0.251 e. The van der Waals surface area contributed by atoms with E-state index in [1.807, 2.05) is 29.8 Å². The molecule has 196 valence electrons. The lowest BCUT2D eigenvalue weighted by molar-refractivity contribution is 0.0938. The maximum Gasteiger partial charge on any atom is 0.251 e. The van der Waals surface area contributed by atoms with Gasteiger partial charge < -0.3 is 15.6 Å². The number of hydrogen-bond donors (Lipinski definition) is 3. The third-order valence-electron chi connectivity index (χ3n) is 6.49. The summed E-state index contributed by atoms with van der Waals surface area (Å²) in [5.41, 5.74) is 3.41. The van der Waals surface area contributed by atoms with Crippen LogP contribution in [-0.4, -0.2) is 66.0 Å². The Labute approximate surface area is 225 Å². The van der Waals surface area contributed by atoms with Crippen LogP contribution in [0.3, 0.4) is 0 Å². The van der Waals surface area contributed by atoms with Crippen molar-refractivity contribution in [2.75, 3.05) is 25.0 Å². The molecule has 0 bridgehead atoms. The zero-order valence-electron chi connectivity index (χ0n) is 21.7. The van der Waals surface area contributed by atoms with Crippen LogP contribution in [0.2, 0.25) is 0 Å². The molecular weight excluding hydrogens is 498 g/mol. The molecule has 0 aliphatic heterocycles. The average molecular weight is 530 g/mol. The zero-order chi connectivity index (χ0) is 26.5. The van der Waals surface area contributed by atoms with Gasteiger partial charge in [-0.1, -0.05) is 19.9 Å². The molecule has 5 aromatic heterocycles. The van der Waals surface area contributed by atoms with E-state index < -0.39 is 0 Å². The Balaban J connectivity index is 1.48. The van der Waals surface area contributed by atoms with E-state index in [-0.39, 0.29) is 11.9 Å². The molecule has 0 aliphatic rings. The van der Waals surface area contributed by atoms with Crippen molar-refractivity contribution in [3.63, 3.8) is 0 Å². The number of anilines is 1. The molecule has 0 spiro atoms. The van der Waals surface area contributed by atoms with Crippen molar-refractivity contribution in [1.82, 2.24) is 39.8 Å². The molecule has 0 radical (unpaired) electrons. The number of imidazole rings is 1. The van der Waals surface area contributed by atoms with Crippen molar-refractivity contribution in [2.45, 2.75) is 33.4 Å². The molecule has 0 aliphatic carbocycles. The molecule has 10 nitrogen and oxygen atoms in total. The molecule has 3 N–H and O–H groups in total. The summed E-state index contributed by atoms with van der Waals surface area (Å²) in [5.74, 6) is 1.18. The number of hydrogen-bond acceptors (Lipinski definition) is 8. The fourth-order valence-electron chi connectivity index (χ4n) is 4.39. The first-order chi connectivity index (χ1) is 18.6. The van der Waals surface area contributed by atoms with Gasteiger partial charge in [0.15, 0.2) is 5.65 Å². The Morgan fingerprint density at radius 2 is 2.05 bits per heavy atom. The predicted molar refractivity (Wildman–Crippen MR) is 150 cm³/mol. The maximum absolute atomic E-state index is 13.3. The average Bonchev–Trinajstić information content (AvgIpc) is 3.73. The molecule has 0 saturated carbocycles. The van der Waals surface area contributed by atoms with Crippen LogP contribution < -0.4 is 10.6 Å². The highest BCUT2D eigenvalue weighted by Crippen LogP contribution is 2.28. The minimum atomic E-state index is -0.155. The predicted octanol–water partition coefficient (Wildman–Crippen LogP) is 4.32. The third kappa shape index (κ3) is 5.58. The van der Waals surface area contributed by atoms with Crippen LogP contribution in [0, 0.1) is 0 Å². The summed E-state index contributed by atoms with van der Waals surface area (Å²) in [6.45, 7) is 9.24. The minimum Gasteiger partial charge on any atom is -0.363 e. The van der Waals surface area contributed by atoms with E-state index >= 15 is 0 Å². The van der Waals surface area contributed by atoms with Gasteiger partial charge in [-0.3, -0.25) is 9.69 Å². The van der Waals surface area contributed by atoms with Gasteiger partial charge in [-0.05, 0) is 49.7 Å². The number of thiophene rings is 1. The second-order valence-electron chi connectivity index (χ2n) is 8.91. The van der Waals surface area contributed by atoms with Crippen LogP contribution >= 0.6 is 11.3 Å². The van der Waals surface area contributed by atoms with Crippen LogP contribution in [0.4, 0.5) is 5.82 Å². The molecule has 0 unspecified atom stereocenters. The van der Waals surface area contributed by atoms with E-state index in [4.69, 9.17) is 9.97 Å². The van der Waals surface area contributed by atoms with Gasteiger partial charge >= 0.3 is 0 Å². The molecule has 5 aromatic rings. The van der Waals surface area contributed by atoms with Crippen molar-refractivity contribution in [1.29, 1.82) is 0 Å². The summed E-state index contributed by atoms with van der Waals surface area (Å²) >= 11 is 1.63. The highest BCUT2D eigenvalue weighted by molar-refractivity contribution is 7.13. The Kier molecular flexibility index (Phi) is 7.75. The monoisotopic (exact) mass is 529 g/mol. The number of H-pyrrole nitrogens is 1. The molecule has 1 amide bonds. The van der Waals surface area contributed by atoms with Crippen molar-refractivity contribution < 1.29 is 4.79 Å². The van der Waals surface area contributed by atoms with Gasteiger partial charge in [-0.2, -0.15) is 5.10 Å². The number of carbonyl (C=O) groups excluding carboxylic acids is 1. The highest BCUT2D eigenvalue weighted by Gasteiger charge is 2.18. The number of fused-ring (bicyclic) bond motifs is 1. The summed E-state index contributed by atoms with van der Waals surface area (Å²) in [5, 5.41) is 12.9. The summed E-state index contributed by atoms with van der Waals surface area (Å²) in [6, 6.07) is 9.78. The second kappa shape index (κ2) is 11.5. The summed E-state index contributed by atoms with van der Waals surface area (Å²) < 4.78 is 1.72. The third-order valence-corrected chi connectivity index (χ3v) is 7.38. The molecular formula is C27H31N9OS. The SMILES string of the molecule is CCN(CC)[C@@H](C)CNC(=O)c1cc(NCc2ncc[nH]2)nc(-c2cnn3ccc(-c4cccs4)nc23)c1. The Hall–Kier alpha value is -4.09. The van der Waals surface area contributed by atoms with Gasteiger partial charge in [-0.25, -0.2) is 19.5 Å². The summed E-state index contributed by atoms with van der Waals surface area (Å²) in [4.78, 5) is 33.7. The quantitative estimate of drug-likeness (QED) is 0.233. The van der Waals surface area contributed by atoms with E-state index in [9.17, 15) is 4.79 Å². The van der Waals surface area contributed by atoms with E-state index in [1.165, 1.54) is 0 Å². The normalized spacial score (nSPS) is 12.2. The topological polar surface area (TPSA) is 116 Å². The fourth-order valence-corrected chi connectivity index (χ4v) is 5.08. The van der Waals surface area contributed by atoms with E-state index in [0.29, 0.717) is 35.8 Å². The number of nitrogens with one attached hydrogen (secondary N) is 3. The molecule has 1 atom stereocenters. The van der Waals surface area contributed by atoms with E-state index in [0.717, 1.165) is 35.0 Å². The van der Waals surface area contributed by atoms with Crippen LogP contribution in [0.25, 0.3) is 27.5 Å². The number of aromatic amines is 1. The van der Waals surface area contributed by atoms with Gasteiger partial charge in [-0.15, -0.1) is 11.3 Å². The number of nitrogens with zero attached hydrogens (tertiary/aromatic N) is 6. The van der Waals surface area contributed by atoms with E-state index in [2.05, 4.69) is 51.4 Å². The summed E-state index contributed by atoms with van der Waals surface area (Å²) in [7, 11) is 0. The molecule has 5 heterocycles.